The molecule has 2 nitrogen and oxygen atoms in total. The number of carbonyl (C=O) groups is 1. The molecule has 1 aliphatic heterocycles. The predicted octanol–water partition coefficient (Wildman–Crippen LogP) is 5.19. The fourth-order valence-electron chi connectivity index (χ4n) is 2.81. The highest BCUT2D eigenvalue weighted by atomic mass is 16.6. The molecule has 0 bridgehead atoms. The topological polar surface area (TPSA) is 26.3 Å². The van der Waals surface area contributed by atoms with Gasteiger partial charge in [-0.2, -0.15) is 0 Å². The Morgan fingerprint density at radius 2 is 2.05 bits per heavy atom. The van der Waals surface area contributed by atoms with E-state index < -0.39 is 0 Å². The molecule has 2 atom stereocenters. The number of cyclic esters (lactones) is 1. The summed E-state index contributed by atoms with van der Waals surface area (Å²) in [5.41, 5.74) is 0.527. The van der Waals surface area contributed by atoms with Crippen LogP contribution in [0.3, 0.4) is 0 Å². The molecule has 1 heterocycles. The van der Waals surface area contributed by atoms with Crippen molar-refractivity contribution in [3.63, 3.8) is 0 Å². The second-order valence-corrected chi connectivity index (χ2v) is 5.73. The number of esters is 1. The lowest BCUT2D eigenvalue weighted by Gasteiger charge is -2.25. The Labute approximate surface area is 124 Å². The van der Waals surface area contributed by atoms with E-state index in [0.717, 1.165) is 37.7 Å². The monoisotopic (exact) mass is 278 g/mol. The highest BCUT2D eigenvalue weighted by Gasteiger charge is 2.37. The highest BCUT2D eigenvalue weighted by molar-refractivity contribution is 5.91. The third-order valence-electron chi connectivity index (χ3n) is 4.32. The molecule has 0 unspecified atom stereocenters. The summed E-state index contributed by atoms with van der Waals surface area (Å²) in [5.74, 6) is 0.558. The first kappa shape index (κ1) is 17.0. The van der Waals surface area contributed by atoms with Crippen LogP contribution < -0.4 is 0 Å². The number of ether oxygens (including phenoxy) is 1. The lowest BCUT2D eigenvalue weighted by Crippen LogP contribution is -2.27. The number of rotatable bonds is 9. The maximum Gasteiger partial charge on any atom is 0.334 e. The zero-order chi connectivity index (χ0) is 15.0. The minimum Gasteiger partial charge on any atom is -0.451 e. The van der Waals surface area contributed by atoms with Gasteiger partial charge in [-0.3, -0.25) is 0 Å². The molecule has 0 fully saturated rings. The van der Waals surface area contributed by atoms with Crippen molar-refractivity contribution in [2.45, 2.75) is 78.2 Å². The molecular weight excluding hydrogens is 248 g/mol. The highest BCUT2D eigenvalue weighted by Crippen LogP contribution is 2.34. The molecule has 0 saturated carbocycles. The smallest absolute Gasteiger partial charge is 0.334 e. The maximum absolute atomic E-state index is 11.8. The largest absolute Gasteiger partial charge is 0.451 e. The van der Waals surface area contributed by atoms with Crippen LogP contribution in [0.4, 0.5) is 0 Å². The van der Waals surface area contributed by atoms with Gasteiger partial charge in [0, 0.05) is 5.57 Å². The van der Waals surface area contributed by atoms with Gasteiger partial charge in [0.05, 0.1) is 0 Å². The van der Waals surface area contributed by atoms with E-state index in [2.05, 4.69) is 39.0 Å². The van der Waals surface area contributed by atoms with Crippen LogP contribution in [0.2, 0.25) is 0 Å². The Hall–Kier alpha value is -1.05. The number of hydrogen-bond donors (Lipinski definition) is 0. The van der Waals surface area contributed by atoms with Crippen molar-refractivity contribution in [2.24, 2.45) is 5.92 Å². The first-order valence-electron chi connectivity index (χ1n) is 8.22. The molecule has 0 radical (unpaired) electrons. The second-order valence-electron chi connectivity index (χ2n) is 5.73. The normalized spacial score (nSPS) is 24.0. The van der Waals surface area contributed by atoms with Gasteiger partial charge in [0.1, 0.15) is 5.60 Å². The zero-order valence-corrected chi connectivity index (χ0v) is 13.6. The Morgan fingerprint density at radius 1 is 1.30 bits per heavy atom. The van der Waals surface area contributed by atoms with E-state index in [1.807, 2.05) is 6.92 Å². The molecule has 0 aromatic heterocycles. The standard InChI is InChI=1S/C18H30O2/c1-5-9-11-15(6-2)12-10-13-18(8-4)14-16(7-3)17(19)20-18/h9,11,14-15H,5-8,10,12-13H2,1-4H3/b11-9+/t15-,18+/m0/s1. The molecule has 0 N–H and O–H groups in total. The molecule has 0 amide bonds. The van der Waals surface area contributed by atoms with Crippen molar-refractivity contribution in [3.05, 3.63) is 23.8 Å². The fourth-order valence-corrected chi connectivity index (χ4v) is 2.81. The quantitative estimate of drug-likeness (QED) is 0.428. The van der Waals surface area contributed by atoms with Gasteiger partial charge in [-0.15, -0.1) is 0 Å². The third-order valence-corrected chi connectivity index (χ3v) is 4.32. The first-order valence-corrected chi connectivity index (χ1v) is 8.22. The molecular formula is C18H30O2. The van der Waals surface area contributed by atoms with E-state index >= 15 is 0 Å². The van der Waals surface area contributed by atoms with Crippen molar-refractivity contribution in [2.75, 3.05) is 0 Å². The maximum atomic E-state index is 11.8. The second kappa shape index (κ2) is 8.28. The van der Waals surface area contributed by atoms with Crippen LogP contribution in [-0.2, 0) is 9.53 Å². The van der Waals surface area contributed by atoms with Crippen LogP contribution in [0.25, 0.3) is 0 Å². The van der Waals surface area contributed by atoms with E-state index in [0.29, 0.717) is 5.92 Å². The molecule has 1 rings (SSSR count). The minimum atomic E-state index is -0.324. The Bertz CT molecular complexity index is 368. The molecule has 1 aliphatic rings. The molecule has 20 heavy (non-hydrogen) atoms. The molecule has 0 spiro atoms. The lowest BCUT2D eigenvalue weighted by atomic mass is 9.89. The average molecular weight is 278 g/mol. The molecule has 0 aromatic carbocycles. The summed E-state index contributed by atoms with van der Waals surface area (Å²) in [6.07, 6.45) is 13.9. The van der Waals surface area contributed by atoms with Crippen LogP contribution >= 0.6 is 0 Å². The predicted molar refractivity (Wildman–Crippen MR) is 84.6 cm³/mol. The van der Waals surface area contributed by atoms with Crippen molar-refractivity contribution in [1.82, 2.24) is 0 Å². The first-order chi connectivity index (χ1) is 9.60. The molecule has 0 saturated heterocycles. The Balaban J connectivity index is 2.52. The number of allylic oxidation sites excluding steroid dienone is 2. The van der Waals surface area contributed by atoms with Crippen LogP contribution in [0, 0.1) is 5.92 Å². The fraction of sp³-hybridized carbons (Fsp3) is 0.722. The Kier molecular flexibility index (Phi) is 7.04. The van der Waals surface area contributed by atoms with E-state index in [-0.39, 0.29) is 11.6 Å². The minimum absolute atomic E-state index is 0.104. The zero-order valence-electron chi connectivity index (χ0n) is 13.6. The number of hydrogen-bond acceptors (Lipinski definition) is 2. The third kappa shape index (κ3) is 4.50. The van der Waals surface area contributed by atoms with Gasteiger partial charge in [-0.1, -0.05) is 39.8 Å². The molecule has 114 valence electrons. The summed E-state index contributed by atoms with van der Waals surface area (Å²) >= 11 is 0. The summed E-state index contributed by atoms with van der Waals surface area (Å²) in [7, 11) is 0. The average Bonchev–Trinajstić information content (AvgIpc) is 2.79. The summed E-state index contributed by atoms with van der Waals surface area (Å²) in [5, 5.41) is 0. The van der Waals surface area contributed by atoms with Gasteiger partial charge < -0.3 is 4.74 Å². The van der Waals surface area contributed by atoms with E-state index in [1.54, 1.807) is 0 Å². The van der Waals surface area contributed by atoms with Gasteiger partial charge in [0.2, 0.25) is 0 Å². The van der Waals surface area contributed by atoms with Crippen molar-refractivity contribution in [1.29, 1.82) is 0 Å². The molecule has 2 heteroatoms. The summed E-state index contributed by atoms with van der Waals surface area (Å²) in [6.45, 7) is 8.54. The van der Waals surface area contributed by atoms with E-state index in [1.165, 1.54) is 12.8 Å². The Morgan fingerprint density at radius 3 is 2.55 bits per heavy atom. The van der Waals surface area contributed by atoms with Gasteiger partial charge in [-0.25, -0.2) is 4.79 Å². The van der Waals surface area contributed by atoms with Crippen molar-refractivity contribution >= 4 is 5.97 Å². The summed E-state index contributed by atoms with van der Waals surface area (Å²) in [4.78, 5) is 11.8. The van der Waals surface area contributed by atoms with E-state index in [4.69, 9.17) is 4.74 Å². The van der Waals surface area contributed by atoms with Gasteiger partial charge in [0.25, 0.3) is 0 Å². The van der Waals surface area contributed by atoms with Crippen molar-refractivity contribution < 1.29 is 9.53 Å². The summed E-state index contributed by atoms with van der Waals surface area (Å²) in [6, 6.07) is 0. The lowest BCUT2D eigenvalue weighted by molar-refractivity contribution is -0.147. The molecule has 0 aliphatic carbocycles. The van der Waals surface area contributed by atoms with Crippen molar-refractivity contribution in [3.8, 4) is 0 Å². The SMILES string of the molecule is CC/C=C/[C@H](CC)CCC[C@]1(CC)C=C(CC)C(=O)O1. The van der Waals surface area contributed by atoms with Gasteiger partial charge in [-0.05, 0) is 56.9 Å². The van der Waals surface area contributed by atoms with Crippen LogP contribution in [0.5, 0.6) is 0 Å². The molecule has 0 aromatic rings. The van der Waals surface area contributed by atoms with Crippen LogP contribution in [0.15, 0.2) is 23.8 Å². The van der Waals surface area contributed by atoms with E-state index in [9.17, 15) is 4.79 Å². The summed E-state index contributed by atoms with van der Waals surface area (Å²) < 4.78 is 5.65. The van der Waals surface area contributed by atoms with Crippen LogP contribution in [0.1, 0.15) is 72.6 Å². The van der Waals surface area contributed by atoms with Gasteiger partial charge >= 0.3 is 5.97 Å². The van der Waals surface area contributed by atoms with Crippen LogP contribution in [-0.4, -0.2) is 11.6 Å². The van der Waals surface area contributed by atoms with Gasteiger partial charge in [0.15, 0.2) is 0 Å². The number of carbonyl (C=O) groups excluding carboxylic acids is 1.